The van der Waals surface area contributed by atoms with E-state index in [2.05, 4.69) is 20.8 Å². The van der Waals surface area contributed by atoms with E-state index in [9.17, 15) is 15.0 Å². The maximum Gasteiger partial charge on any atom is 0.303 e. The van der Waals surface area contributed by atoms with Crippen LogP contribution in [0, 0.1) is 46.3 Å². The molecule has 0 bridgehead atoms. The summed E-state index contributed by atoms with van der Waals surface area (Å²) < 4.78 is 0. The maximum atomic E-state index is 11.2. The lowest BCUT2D eigenvalue weighted by atomic mass is 9.43. The van der Waals surface area contributed by atoms with Crippen LogP contribution in [-0.4, -0.2) is 33.5 Å². The van der Waals surface area contributed by atoms with Gasteiger partial charge in [-0.05, 0) is 104 Å². The van der Waals surface area contributed by atoms with Gasteiger partial charge in [0.1, 0.15) is 0 Å². The average Bonchev–Trinajstić information content (AvgIpc) is 2.98. The Morgan fingerprint density at radius 2 is 1.68 bits per heavy atom. The third kappa shape index (κ3) is 3.14. The van der Waals surface area contributed by atoms with Crippen LogP contribution in [0.3, 0.4) is 0 Å². The molecule has 0 aromatic rings. The van der Waals surface area contributed by atoms with Gasteiger partial charge in [-0.1, -0.05) is 20.8 Å². The summed E-state index contributed by atoms with van der Waals surface area (Å²) in [7, 11) is 0. The van der Waals surface area contributed by atoms with Crippen LogP contribution in [0.5, 0.6) is 0 Å². The van der Waals surface area contributed by atoms with Gasteiger partial charge >= 0.3 is 5.97 Å². The summed E-state index contributed by atoms with van der Waals surface area (Å²) in [5.41, 5.74) is 0.523. The zero-order valence-corrected chi connectivity index (χ0v) is 17.9. The van der Waals surface area contributed by atoms with Crippen molar-refractivity contribution in [3.05, 3.63) is 0 Å². The van der Waals surface area contributed by atoms with Gasteiger partial charge in [0, 0.05) is 6.42 Å². The Bertz CT molecular complexity index is 605. The molecular formula is C24H40O4. The highest BCUT2D eigenvalue weighted by Crippen LogP contribution is 2.68. The van der Waals surface area contributed by atoms with Crippen LogP contribution in [0.15, 0.2) is 0 Å². The minimum Gasteiger partial charge on any atom is -0.481 e. The second-order valence-corrected chi connectivity index (χ2v) is 11.4. The van der Waals surface area contributed by atoms with E-state index in [0.717, 1.165) is 32.1 Å². The number of fused-ring (bicyclic) bond motifs is 5. The average molecular weight is 393 g/mol. The summed E-state index contributed by atoms with van der Waals surface area (Å²) >= 11 is 0. The van der Waals surface area contributed by atoms with Crippen LogP contribution in [0.1, 0.15) is 85.0 Å². The van der Waals surface area contributed by atoms with Crippen LogP contribution in [0.4, 0.5) is 0 Å². The summed E-state index contributed by atoms with van der Waals surface area (Å²) in [5.74, 6) is 2.36. The van der Waals surface area contributed by atoms with Crippen LogP contribution in [0.25, 0.3) is 0 Å². The molecule has 0 heterocycles. The van der Waals surface area contributed by atoms with Crippen molar-refractivity contribution in [3.63, 3.8) is 0 Å². The summed E-state index contributed by atoms with van der Waals surface area (Å²) in [6, 6.07) is 0. The molecule has 0 aromatic carbocycles. The Labute approximate surface area is 170 Å². The molecule has 28 heavy (non-hydrogen) atoms. The third-order valence-corrected chi connectivity index (χ3v) is 10.2. The maximum absolute atomic E-state index is 11.2. The van der Waals surface area contributed by atoms with E-state index < -0.39 is 5.97 Å². The molecule has 4 aliphatic carbocycles. The number of hydrogen-bond donors (Lipinski definition) is 3. The molecule has 10 atom stereocenters. The number of carbonyl (C=O) groups is 1. The van der Waals surface area contributed by atoms with E-state index in [4.69, 9.17) is 5.11 Å². The standard InChI is InChI=1S/C24H40O4/c1-14(4-7-21(27)28)17-5-6-18-22-19(9-11-24(17,18)3)23(2)10-8-16(25)12-15(23)13-20(22)26/h14-20,22,25-26H,4-13H2,1-3H3,(H,27,28)/t14-,15-,16-,17-,18+,19+,20+,22+,23+,24-/m1/s1. The molecule has 0 saturated heterocycles. The summed E-state index contributed by atoms with van der Waals surface area (Å²) in [6.07, 6.45) is 9.19. The molecule has 0 radical (unpaired) electrons. The van der Waals surface area contributed by atoms with Gasteiger partial charge in [0.15, 0.2) is 0 Å². The lowest BCUT2D eigenvalue weighted by Crippen LogP contribution is -2.58. The van der Waals surface area contributed by atoms with Crippen LogP contribution in [0.2, 0.25) is 0 Å². The van der Waals surface area contributed by atoms with Gasteiger partial charge in [-0.2, -0.15) is 0 Å². The van der Waals surface area contributed by atoms with Crippen molar-refractivity contribution in [1.29, 1.82) is 0 Å². The first-order valence-corrected chi connectivity index (χ1v) is 11.7. The molecular weight excluding hydrogens is 352 g/mol. The molecule has 160 valence electrons. The van der Waals surface area contributed by atoms with Crippen LogP contribution in [-0.2, 0) is 4.79 Å². The molecule has 4 heteroatoms. The van der Waals surface area contributed by atoms with Crippen molar-refractivity contribution < 1.29 is 20.1 Å². The van der Waals surface area contributed by atoms with Gasteiger partial charge in [-0.3, -0.25) is 4.79 Å². The molecule has 0 spiro atoms. The van der Waals surface area contributed by atoms with Crippen LogP contribution >= 0.6 is 0 Å². The van der Waals surface area contributed by atoms with Gasteiger partial charge in [0.2, 0.25) is 0 Å². The number of carboxylic acids is 1. The number of carboxylic acid groups (broad SMARTS) is 1. The Kier molecular flexibility index (Phi) is 5.36. The van der Waals surface area contributed by atoms with E-state index in [1.807, 2.05) is 0 Å². The zero-order valence-electron chi connectivity index (χ0n) is 17.9. The predicted molar refractivity (Wildman–Crippen MR) is 109 cm³/mol. The molecule has 4 rings (SSSR count). The molecule has 4 saturated carbocycles. The second-order valence-electron chi connectivity index (χ2n) is 11.4. The fraction of sp³-hybridized carbons (Fsp3) is 0.958. The molecule has 4 aliphatic rings. The topological polar surface area (TPSA) is 77.8 Å². The van der Waals surface area contributed by atoms with Crippen LogP contribution < -0.4 is 0 Å². The SMILES string of the molecule is C[C@H](CCC(=O)O)[C@H]1CC[C@H]2[C@@H]3[C@@H](O)C[C@H]4C[C@H](O)CC[C@]4(C)[C@H]3CC[C@]12C. The normalized spacial score (nSPS) is 51.7. The Balaban J connectivity index is 1.55. The summed E-state index contributed by atoms with van der Waals surface area (Å²) in [6.45, 7) is 7.16. The van der Waals surface area contributed by atoms with Crippen molar-refractivity contribution >= 4 is 5.97 Å². The highest BCUT2D eigenvalue weighted by molar-refractivity contribution is 5.66. The first-order chi connectivity index (χ1) is 13.2. The lowest BCUT2D eigenvalue weighted by Gasteiger charge is -2.62. The summed E-state index contributed by atoms with van der Waals surface area (Å²) in [4.78, 5) is 11.1. The number of hydrogen-bond acceptors (Lipinski definition) is 3. The number of rotatable bonds is 4. The highest BCUT2D eigenvalue weighted by Gasteiger charge is 2.62. The lowest BCUT2D eigenvalue weighted by molar-refractivity contribution is -0.174. The van der Waals surface area contributed by atoms with Crippen molar-refractivity contribution in [3.8, 4) is 0 Å². The fourth-order valence-corrected chi connectivity index (χ4v) is 8.73. The van der Waals surface area contributed by atoms with E-state index >= 15 is 0 Å². The highest BCUT2D eigenvalue weighted by atomic mass is 16.4. The molecule has 0 amide bonds. The van der Waals surface area contributed by atoms with Gasteiger partial charge in [-0.25, -0.2) is 0 Å². The molecule has 3 N–H and O–H groups in total. The second kappa shape index (κ2) is 7.27. The Morgan fingerprint density at radius 1 is 1.00 bits per heavy atom. The zero-order chi connectivity index (χ0) is 20.3. The van der Waals surface area contributed by atoms with Crippen molar-refractivity contribution in [2.24, 2.45) is 46.3 Å². The van der Waals surface area contributed by atoms with Gasteiger partial charge in [0.05, 0.1) is 12.2 Å². The molecule has 0 aromatic heterocycles. The van der Waals surface area contributed by atoms with Crippen molar-refractivity contribution in [1.82, 2.24) is 0 Å². The predicted octanol–water partition coefficient (Wildman–Crippen LogP) is 4.48. The molecule has 4 nitrogen and oxygen atoms in total. The molecule has 0 unspecified atom stereocenters. The number of aliphatic carboxylic acids is 1. The van der Waals surface area contributed by atoms with Gasteiger partial charge in [-0.15, -0.1) is 0 Å². The quantitative estimate of drug-likeness (QED) is 0.659. The van der Waals surface area contributed by atoms with Crippen molar-refractivity contribution in [2.75, 3.05) is 0 Å². The Morgan fingerprint density at radius 3 is 2.39 bits per heavy atom. The molecule has 4 fully saturated rings. The minimum atomic E-state index is -0.684. The van der Waals surface area contributed by atoms with E-state index in [0.29, 0.717) is 35.5 Å². The Hall–Kier alpha value is -0.610. The largest absolute Gasteiger partial charge is 0.481 e. The number of aliphatic hydroxyl groups excluding tert-OH is 2. The third-order valence-electron chi connectivity index (χ3n) is 10.2. The van der Waals surface area contributed by atoms with E-state index in [1.54, 1.807) is 0 Å². The fourth-order valence-electron chi connectivity index (χ4n) is 8.73. The molecule has 0 aliphatic heterocycles. The van der Waals surface area contributed by atoms with E-state index in [1.165, 1.54) is 25.7 Å². The monoisotopic (exact) mass is 392 g/mol. The first kappa shape index (κ1) is 20.7. The number of aliphatic hydroxyl groups is 2. The smallest absolute Gasteiger partial charge is 0.303 e. The van der Waals surface area contributed by atoms with Crippen molar-refractivity contribution in [2.45, 2.75) is 97.2 Å². The van der Waals surface area contributed by atoms with Gasteiger partial charge < -0.3 is 15.3 Å². The minimum absolute atomic E-state index is 0.179. The van der Waals surface area contributed by atoms with E-state index in [-0.39, 0.29) is 29.5 Å². The first-order valence-electron chi connectivity index (χ1n) is 11.7. The van der Waals surface area contributed by atoms with Gasteiger partial charge in [0.25, 0.3) is 0 Å². The summed E-state index contributed by atoms with van der Waals surface area (Å²) in [5, 5.41) is 30.5.